The second kappa shape index (κ2) is 11.3. The van der Waals surface area contributed by atoms with E-state index in [1.165, 1.54) is 32.0 Å². The highest BCUT2D eigenvalue weighted by atomic mass is 19.4. The molecule has 4 rings (SSSR count). The fourth-order valence-electron chi connectivity index (χ4n) is 4.85. The molecular formula is C26H32F3N5O2. The Hall–Kier alpha value is -3.14. The molecule has 1 aromatic rings. The number of nitrogens with one attached hydrogen (secondary N) is 2. The summed E-state index contributed by atoms with van der Waals surface area (Å²) in [6, 6.07) is 3.81. The van der Waals surface area contributed by atoms with Gasteiger partial charge in [-0.1, -0.05) is 12.1 Å². The summed E-state index contributed by atoms with van der Waals surface area (Å²) in [4.78, 5) is 33.1. The van der Waals surface area contributed by atoms with Gasteiger partial charge in [0.05, 0.1) is 6.54 Å². The van der Waals surface area contributed by atoms with Crippen molar-refractivity contribution < 1.29 is 22.8 Å². The summed E-state index contributed by atoms with van der Waals surface area (Å²) in [6.07, 6.45) is 5.96. The van der Waals surface area contributed by atoms with Gasteiger partial charge in [-0.15, -0.1) is 0 Å². The number of hydrogen-bond donors (Lipinski definition) is 2. The molecule has 7 nitrogen and oxygen atoms in total. The van der Waals surface area contributed by atoms with Gasteiger partial charge in [0.25, 0.3) is 5.91 Å². The predicted molar refractivity (Wildman–Crippen MR) is 130 cm³/mol. The van der Waals surface area contributed by atoms with Crippen LogP contribution in [0.25, 0.3) is 0 Å². The number of alkyl halides is 3. The Bertz CT molecular complexity index is 1070. The maximum absolute atomic E-state index is 12.9. The van der Waals surface area contributed by atoms with E-state index in [1.54, 1.807) is 12.3 Å². The normalized spacial score (nSPS) is 20.8. The topological polar surface area (TPSA) is 77.6 Å². The lowest BCUT2D eigenvalue weighted by atomic mass is 10.0. The lowest BCUT2D eigenvalue weighted by Crippen LogP contribution is -2.47. The number of rotatable bonds is 6. The van der Waals surface area contributed by atoms with Crippen LogP contribution >= 0.6 is 0 Å². The highest BCUT2D eigenvalue weighted by Gasteiger charge is 2.33. The molecule has 3 heterocycles. The molecule has 10 heteroatoms. The summed E-state index contributed by atoms with van der Waals surface area (Å²) in [5.41, 5.74) is 0.688. The van der Waals surface area contributed by atoms with Gasteiger partial charge in [0.2, 0.25) is 5.91 Å². The van der Waals surface area contributed by atoms with Crippen molar-refractivity contribution >= 4 is 11.8 Å². The van der Waals surface area contributed by atoms with Crippen molar-refractivity contribution in [3.63, 3.8) is 0 Å². The monoisotopic (exact) mass is 503 g/mol. The minimum atomic E-state index is -4.63. The zero-order valence-electron chi connectivity index (χ0n) is 20.4. The largest absolute Gasteiger partial charge is 0.433 e. The van der Waals surface area contributed by atoms with Crippen molar-refractivity contribution in [3.05, 3.63) is 64.8 Å². The number of nitrogens with zero attached hydrogens (tertiary/aromatic N) is 3. The molecule has 2 saturated heterocycles. The summed E-state index contributed by atoms with van der Waals surface area (Å²) >= 11 is 0. The van der Waals surface area contributed by atoms with Crippen molar-refractivity contribution in [1.29, 1.82) is 0 Å². The molecule has 2 amide bonds. The average Bonchev–Trinajstić information content (AvgIpc) is 3.41. The van der Waals surface area contributed by atoms with Crippen molar-refractivity contribution in [2.45, 2.75) is 51.2 Å². The van der Waals surface area contributed by atoms with Crippen LogP contribution in [-0.2, 0) is 11.0 Å². The third kappa shape index (κ3) is 6.54. The molecule has 36 heavy (non-hydrogen) atoms. The molecule has 2 aliphatic heterocycles. The molecule has 0 saturated carbocycles. The smallest absolute Gasteiger partial charge is 0.382 e. The van der Waals surface area contributed by atoms with Crippen LogP contribution in [0.2, 0.25) is 0 Å². The van der Waals surface area contributed by atoms with E-state index < -0.39 is 17.8 Å². The molecule has 0 spiro atoms. The molecule has 2 fully saturated rings. The number of hydrogen-bond acceptors (Lipinski definition) is 5. The lowest BCUT2D eigenvalue weighted by Gasteiger charge is -2.36. The number of carbonyl (C=O) groups is 2. The minimum absolute atomic E-state index is 0.0578. The van der Waals surface area contributed by atoms with E-state index in [4.69, 9.17) is 0 Å². The first-order valence-electron chi connectivity index (χ1n) is 12.4. The summed E-state index contributed by atoms with van der Waals surface area (Å²) in [6.45, 7) is 5.90. The zero-order chi connectivity index (χ0) is 25.7. The fraction of sp³-hybridized carbons (Fsp3) is 0.500. The first-order chi connectivity index (χ1) is 17.2. The second-order valence-electron chi connectivity index (χ2n) is 9.46. The van der Waals surface area contributed by atoms with Gasteiger partial charge in [-0.3, -0.25) is 9.59 Å². The molecule has 194 valence electrons. The van der Waals surface area contributed by atoms with Crippen LogP contribution in [0.1, 0.15) is 55.2 Å². The zero-order valence-corrected chi connectivity index (χ0v) is 20.4. The van der Waals surface area contributed by atoms with Crippen molar-refractivity contribution in [3.8, 4) is 0 Å². The Morgan fingerprint density at radius 3 is 2.56 bits per heavy atom. The van der Waals surface area contributed by atoms with Crippen LogP contribution in [0.5, 0.6) is 0 Å². The van der Waals surface area contributed by atoms with Gasteiger partial charge in [0, 0.05) is 31.0 Å². The van der Waals surface area contributed by atoms with Gasteiger partial charge < -0.3 is 20.4 Å². The molecular weight excluding hydrogens is 471 g/mol. The molecule has 0 radical (unpaired) electrons. The number of aromatic nitrogens is 1. The number of amides is 2. The van der Waals surface area contributed by atoms with E-state index in [0.29, 0.717) is 18.2 Å². The standard InChI is InChI=1S/C26H32F3N5O2/c1-18-7-8-19(15-22(18)32-25(36)21-5-4-6-23(31-21)26(27,28)29)16-30-17-24(35)34-13-9-20(10-14-34)33-11-2-3-12-33/h4-7,15-16,20,30H,2-3,8-14,17H2,1H3,(H,32,36)/b19-16+. The molecule has 1 aliphatic carbocycles. The van der Waals surface area contributed by atoms with Gasteiger partial charge in [-0.05, 0) is 81.5 Å². The highest BCUT2D eigenvalue weighted by Crippen LogP contribution is 2.27. The average molecular weight is 504 g/mol. The summed E-state index contributed by atoms with van der Waals surface area (Å²) < 4.78 is 38.8. The SMILES string of the molecule is CC1=CC/C(=C\NCC(=O)N2CCC(N3CCCC3)CC2)C=C1NC(=O)c1cccc(C(F)(F)F)n1. The molecule has 1 aromatic heterocycles. The van der Waals surface area contributed by atoms with E-state index >= 15 is 0 Å². The van der Waals surface area contributed by atoms with E-state index in [1.807, 2.05) is 17.9 Å². The molecule has 0 bridgehead atoms. The number of carbonyl (C=O) groups excluding carboxylic acids is 2. The van der Waals surface area contributed by atoms with Crippen molar-refractivity contribution in [2.24, 2.45) is 0 Å². The maximum Gasteiger partial charge on any atom is 0.433 e. The van der Waals surface area contributed by atoms with Crippen LogP contribution in [-0.4, -0.2) is 65.4 Å². The number of pyridine rings is 1. The van der Waals surface area contributed by atoms with Gasteiger partial charge in [-0.25, -0.2) is 4.98 Å². The highest BCUT2D eigenvalue weighted by molar-refractivity contribution is 5.94. The minimum Gasteiger partial charge on any atom is -0.382 e. The van der Waals surface area contributed by atoms with Gasteiger partial charge in [-0.2, -0.15) is 13.2 Å². The van der Waals surface area contributed by atoms with Crippen molar-refractivity contribution in [1.82, 2.24) is 25.4 Å². The van der Waals surface area contributed by atoms with Crippen LogP contribution in [0, 0.1) is 0 Å². The summed E-state index contributed by atoms with van der Waals surface area (Å²) in [5, 5.41) is 5.72. The summed E-state index contributed by atoms with van der Waals surface area (Å²) in [7, 11) is 0. The van der Waals surface area contributed by atoms with E-state index in [-0.39, 0.29) is 18.1 Å². The number of likely N-dealkylation sites (tertiary alicyclic amines) is 2. The Morgan fingerprint density at radius 2 is 1.86 bits per heavy atom. The Labute approximate surface area is 209 Å². The van der Waals surface area contributed by atoms with Crippen molar-refractivity contribution in [2.75, 3.05) is 32.7 Å². The molecule has 0 unspecified atom stereocenters. The first-order valence-corrected chi connectivity index (χ1v) is 12.4. The number of piperidine rings is 1. The molecule has 0 atom stereocenters. The Kier molecular flexibility index (Phi) is 8.13. The first kappa shape index (κ1) is 25.9. The maximum atomic E-state index is 12.9. The molecule has 3 aliphatic rings. The Balaban J connectivity index is 1.29. The predicted octanol–water partition coefficient (Wildman–Crippen LogP) is 3.62. The van der Waals surface area contributed by atoms with Crippen LogP contribution < -0.4 is 10.6 Å². The van der Waals surface area contributed by atoms with E-state index in [0.717, 1.165) is 49.2 Å². The number of halogens is 3. The van der Waals surface area contributed by atoms with Crippen LogP contribution in [0.4, 0.5) is 13.2 Å². The third-order valence-corrected chi connectivity index (χ3v) is 6.93. The number of allylic oxidation sites excluding steroid dienone is 4. The van der Waals surface area contributed by atoms with Crippen LogP contribution in [0.3, 0.4) is 0 Å². The second-order valence-corrected chi connectivity index (χ2v) is 9.46. The molecule has 2 N–H and O–H groups in total. The summed E-state index contributed by atoms with van der Waals surface area (Å²) in [5.74, 6) is -0.663. The molecule has 0 aromatic carbocycles. The van der Waals surface area contributed by atoms with Gasteiger partial charge in [0.15, 0.2) is 0 Å². The van der Waals surface area contributed by atoms with Crippen LogP contribution in [0.15, 0.2) is 53.4 Å². The Morgan fingerprint density at radius 1 is 1.14 bits per heavy atom. The van der Waals surface area contributed by atoms with Gasteiger partial charge in [0.1, 0.15) is 11.4 Å². The lowest BCUT2D eigenvalue weighted by molar-refractivity contribution is -0.141. The fourth-order valence-corrected chi connectivity index (χ4v) is 4.85. The third-order valence-electron chi connectivity index (χ3n) is 6.93. The van der Waals surface area contributed by atoms with Gasteiger partial charge >= 0.3 is 6.18 Å². The van der Waals surface area contributed by atoms with E-state index in [2.05, 4.69) is 20.5 Å². The quantitative estimate of drug-likeness (QED) is 0.620. The van der Waals surface area contributed by atoms with E-state index in [9.17, 15) is 22.8 Å².